The summed E-state index contributed by atoms with van der Waals surface area (Å²) in [6, 6.07) is 6.73. The van der Waals surface area contributed by atoms with Crippen molar-refractivity contribution >= 4 is 15.9 Å². The number of carbonyl (C=O) groups excluding carboxylic acids is 1. The Morgan fingerprint density at radius 1 is 1.08 bits per heavy atom. The Kier molecular flexibility index (Phi) is 6.98. The van der Waals surface area contributed by atoms with Gasteiger partial charge < -0.3 is 4.90 Å². The zero-order valence-electron chi connectivity index (χ0n) is 15.1. The minimum atomic E-state index is -3.63. The van der Waals surface area contributed by atoms with Crippen LogP contribution in [0, 0.1) is 5.92 Å². The van der Waals surface area contributed by atoms with E-state index in [0.717, 1.165) is 57.5 Å². The number of nitrogens with two attached hydrogens (primary N) is 1. The Labute approximate surface area is 151 Å². The number of primary sulfonamides is 1. The zero-order chi connectivity index (χ0) is 18.4. The first kappa shape index (κ1) is 19.9. The van der Waals surface area contributed by atoms with Crippen LogP contribution < -0.4 is 5.14 Å². The van der Waals surface area contributed by atoms with Crippen molar-refractivity contribution in [2.75, 3.05) is 32.7 Å². The average Bonchev–Trinajstić information content (AvgIpc) is 2.61. The van der Waals surface area contributed by atoms with E-state index in [1.54, 1.807) is 12.1 Å². The predicted octanol–water partition coefficient (Wildman–Crippen LogP) is 1.46. The molecule has 1 heterocycles. The predicted molar refractivity (Wildman–Crippen MR) is 98.6 cm³/mol. The molecule has 1 aliphatic heterocycles. The molecule has 0 unspecified atom stereocenters. The quantitative estimate of drug-likeness (QED) is 0.791. The number of carbonyl (C=O) groups is 1. The number of sulfonamides is 1. The third-order valence-electron chi connectivity index (χ3n) is 4.99. The normalized spacial score (nSPS) is 16.4. The van der Waals surface area contributed by atoms with Gasteiger partial charge in [0.2, 0.25) is 15.9 Å². The largest absolute Gasteiger partial charge is 0.340 e. The lowest BCUT2D eigenvalue weighted by atomic mass is 10.0. The van der Waals surface area contributed by atoms with Crippen LogP contribution in [0.4, 0.5) is 0 Å². The second-order valence-corrected chi connectivity index (χ2v) is 8.18. The molecule has 25 heavy (non-hydrogen) atoms. The van der Waals surface area contributed by atoms with Gasteiger partial charge in [0.1, 0.15) is 0 Å². The van der Waals surface area contributed by atoms with Crippen LogP contribution in [-0.2, 0) is 21.2 Å². The van der Waals surface area contributed by atoms with Gasteiger partial charge in [0.05, 0.1) is 4.90 Å². The number of amides is 1. The summed E-state index contributed by atoms with van der Waals surface area (Å²) in [5, 5.41) is 5.11. The number of benzene rings is 1. The van der Waals surface area contributed by atoms with Crippen LogP contribution in [0.1, 0.15) is 32.3 Å². The molecule has 7 heteroatoms. The molecule has 0 spiro atoms. The lowest BCUT2D eigenvalue weighted by molar-refractivity contribution is -0.137. The highest BCUT2D eigenvalue weighted by molar-refractivity contribution is 7.89. The second kappa shape index (κ2) is 8.78. The van der Waals surface area contributed by atoms with Crippen molar-refractivity contribution in [3.05, 3.63) is 29.8 Å². The Morgan fingerprint density at radius 3 is 2.12 bits per heavy atom. The van der Waals surface area contributed by atoms with Gasteiger partial charge in [-0.3, -0.25) is 9.69 Å². The highest BCUT2D eigenvalue weighted by atomic mass is 32.2. The average molecular weight is 368 g/mol. The fourth-order valence-corrected chi connectivity index (χ4v) is 3.74. The zero-order valence-corrected chi connectivity index (χ0v) is 16.0. The van der Waals surface area contributed by atoms with E-state index in [4.69, 9.17) is 5.14 Å². The van der Waals surface area contributed by atoms with E-state index in [9.17, 15) is 13.2 Å². The van der Waals surface area contributed by atoms with E-state index in [-0.39, 0.29) is 10.8 Å². The smallest absolute Gasteiger partial charge is 0.238 e. The monoisotopic (exact) mass is 367 g/mol. The van der Waals surface area contributed by atoms with Gasteiger partial charge in [-0.25, -0.2) is 13.6 Å². The van der Waals surface area contributed by atoms with E-state index in [1.807, 2.05) is 17.0 Å². The van der Waals surface area contributed by atoms with E-state index in [0.29, 0.717) is 5.91 Å². The Balaban J connectivity index is 1.80. The molecule has 0 atom stereocenters. The van der Waals surface area contributed by atoms with Crippen molar-refractivity contribution in [2.45, 2.75) is 38.0 Å². The first-order chi connectivity index (χ1) is 11.8. The number of hydrogen-bond donors (Lipinski definition) is 1. The van der Waals surface area contributed by atoms with Crippen molar-refractivity contribution in [3.8, 4) is 0 Å². The molecule has 2 rings (SSSR count). The summed E-state index contributed by atoms with van der Waals surface area (Å²) in [4.78, 5) is 16.9. The third-order valence-corrected chi connectivity index (χ3v) is 5.92. The van der Waals surface area contributed by atoms with Crippen LogP contribution >= 0.6 is 0 Å². The molecule has 0 radical (unpaired) electrons. The summed E-state index contributed by atoms with van der Waals surface area (Å²) in [6.45, 7) is 8.41. The van der Waals surface area contributed by atoms with Crippen molar-refractivity contribution in [3.63, 3.8) is 0 Å². The van der Waals surface area contributed by atoms with Crippen LogP contribution in [0.25, 0.3) is 0 Å². The summed E-state index contributed by atoms with van der Waals surface area (Å²) < 4.78 is 22.5. The Morgan fingerprint density at radius 2 is 1.64 bits per heavy atom. The lowest BCUT2D eigenvalue weighted by Gasteiger charge is -2.36. The van der Waals surface area contributed by atoms with Crippen LogP contribution in [0.3, 0.4) is 0 Å². The van der Waals surface area contributed by atoms with Gasteiger partial charge in [-0.1, -0.05) is 26.0 Å². The van der Waals surface area contributed by atoms with Gasteiger partial charge in [-0.2, -0.15) is 0 Å². The molecular formula is C18H29N3O3S. The number of hydrogen-bond acceptors (Lipinski definition) is 4. The minimum Gasteiger partial charge on any atom is -0.340 e. The van der Waals surface area contributed by atoms with E-state index < -0.39 is 10.0 Å². The molecule has 2 N–H and O–H groups in total. The van der Waals surface area contributed by atoms with Crippen molar-refractivity contribution in [1.29, 1.82) is 0 Å². The first-order valence-corrected chi connectivity index (χ1v) is 10.5. The van der Waals surface area contributed by atoms with Gasteiger partial charge in [-0.05, 0) is 37.0 Å². The first-order valence-electron chi connectivity index (χ1n) is 8.98. The molecule has 1 aromatic rings. The minimum absolute atomic E-state index is 0.143. The second-order valence-electron chi connectivity index (χ2n) is 6.62. The standard InChI is InChI=1S/C18H29N3O3S/c1-3-16(4-2)18(22)21-13-11-20(12-14-21)10-9-15-5-7-17(8-6-15)25(19,23)24/h5-8,16H,3-4,9-14H2,1-2H3,(H2,19,23,24). The summed E-state index contributed by atoms with van der Waals surface area (Å²) in [5.41, 5.74) is 1.09. The van der Waals surface area contributed by atoms with Crippen LogP contribution in [-0.4, -0.2) is 56.8 Å². The van der Waals surface area contributed by atoms with Crippen molar-refractivity contribution in [2.24, 2.45) is 11.1 Å². The van der Waals surface area contributed by atoms with E-state index in [1.165, 1.54) is 0 Å². The van der Waals surface area contributed by atoms with Crippen LogP contribution in [0.5, 0.6) is 0 Å². The maximum atomic E-state index is 12.4. The van der Waals surface area contributed by atoms with Crippen molar-refractivity contribution in [1.82, 2.24) is 9.80 Å². The number of nitrogens with zero attached hydrogens (tertiary/aromatic N) is 2. The highest BCUT2D eigenvalue weighted by Crippen LogP contribution is 2.15. The summed E-state index contributed by atoms with van der Waals surface area (Å²) in [7, 11) is -3.63. The molecule has 1 aliphatic rings. The molecule has 6 nitrogen and oxygen atoms in total. The van der Waals surface area contributed by atoms with Gasteiger partial charge in [0.15, 0.2) is 0 Å². The molecule has 1 saturated heterocycles. The number of piperazine rings is 1. The van der Waals surface area contributed by atoms with Gasteiger partial charge in [0.25, 0.3) is 0 Å². The molecule has 0 bridgehead atoms. The van der Waals surface area contributed by atoms with E-state index in [2.05, 4.69) is 18.7 Å². The van der Waals surface area contributed by atoms with Crippen LogP contribution in [0.2, 0.25) is 0 Å². The Hall–Kier alpha value is -1.44. The van der Waals surface area contributed by atoms with Crippen LogP contribution in [0.15, 0.2) is 29.2 Å². The molecule has 0 aromatic heterocycles. The lowest BCUT2D eigenvalue weighted by Crippen LogP contribution is -2.50. The summed E-state index contributed by atoms with van der Waals surface area (Å²) in [5.74, 6) is 0.451. The fraction of sp³-hybridized carbons (Fsp3) is 0.611. The molecule has 140 valence electrons. The van der Waals surface area contributed by atoms with E-state index >= 15 is 0 Å². The van der Waals surface area contributed by atoms with Gasteiger partial charge in [-0.15, -0.1) is 0 Å². The molecule has 1 aromatic carbocycles. The molecule has 0 aliphatic carbocycles. The number of rotatable bonds is 7. The molecule has 1 fully saturated rings. The van der Waals surface area contributed by atoms with Gasteiger partial charge >= 0.3 is 0 Å². The summed E-state index contributed by atoms with van der Waals surface area (Å²) >= 11 is 0. The SMILES string of the molecule is CCC(CC)C(=O)N1CCN(CCc2ccc(S(N)(=O)=O)cc2)CC1. The fourth-order valence-electron chi connectivity index (χ4n) is 3.22. The third kappa shape index (κ3) is 5.52. The van der Waals surface area contributed by atoms with Gasteiger partial charge in [0, 0.05) is 38.6 Å². The maximum absolute atomic E-state index is 12.4. The maximum Gasteiger partial charge on any atom is 0.238 e. The topological polar surface area (TPSA) is 83.7 Å². The molecule has 0 saturated carbocycles. The summed E-state index contributed by atoms with van der Waals surface area (Å²) in [6.07, 6.45) is 2.67. The molecular weight excluding hydrogens is 338 g/mol. The Bertz CT molecular complexity index is 661. The highest BCUT2D eigenvalue weighted by Gasteiger charge is 2.25. The van der Waals surface area contributed by atoms with Crippen molar-refractivity contribution < 1.29 is 13.2 Å². The molecule has 1 amide bonds.